The molecule has 3 aromatic rings. The van der Waals surface area contributed by atoms with Gasteiger partial charge >= 0.3 is 15.5 Å². The second kappa shape index (κ2) is 11.2. The molecule has 0 atom stereocenters. The molecule has 3 aromatic carbocycles. The number of nitrogens with zero attached hydrogens (tertiary/aromatic N) is 1. The predicted octanol–water partition coefficient (Wildman–Crippen LogP) is 5.62. The van der Waals surface area contributed by atoms with E-state index in [0.717, 1.165) is 40.8 Å². The maximum atomic E-state index is 12.5. The molecule has 1 heterocycles. The molecule has 0 unspecified atom stereocenters. The van der Waals surface area contributed by atoms with Gasteiger partial charge in [-0.3, -0.25) is 9.52 Å². The Bertz CT molecular complexity index is 1470. The highest BCUT2D eigenvalue weighted by atomic mass is 32.2. The molecule has 38 heavy (non-hydrogen) atoms. The molecule has 13 heteroatoms. The van der Waals surface area contributed by atoms with E-state index < -0.39 is 21.4 Å². The van der Waals surface area contributed by atoms with Gasteiger partial charge in [-0.1, -0.05) is 24.3 Å². The number of amides is 1. The summed E-state index contributed by atoms with van der Waals surface area (Å²) >= 11 is 1.09. The van der Waals surface area contributed by atoms with Gasteiger partial charge in [-0.15, -0.1) is 0 Å². The molecule has 0 saturated carbocycles. The van der Waals surface area contributed by atoms with E-state index in [9.17, 15) is 26.4 Å². The van der Waals surface area contributed by atoms with Gasteiger partial charge in [-0.05, 0) is 77.5 Å². The normalized spacial score (nSPS) is 14.8. The van der Waals surface area contributed by atoms with E-state index in [4.69, 9.17) is 9.47 Å². The zero-order valence-corrected chi connectivity index (χ0v) is 21.3. The van der Waals surface area contributed by atoms with Gasteiger partial charge in [0.15, 0.2) is 5.17 Å². The lowest BCUT2D eigenvalue weighted by molar-refractivity contribution is -0.113. The van der Waals surface area contributed by atoms with Crippen molar-refractivity contribution in [3.05, 3.63) is 88.8 Å². The van der Waals surface area contributed by atoms with Crippen LogP contribution in [-0.2, 0) is 21.4 Å². The minimum atomic E-state index is -5.51. The number of thioether (sulfide) groups is 1. The first kappa shape index (κ1) is 27.1. The standard InChI is InChI=1S/C25H20F3N3O5S2/c1-35-20-10-4-17(5-11-20)15-36-21-12-2-16(3-13-21)14-22-23(32)30-24(37-22)29-18-6-8-19(9-7-18)31-38(33,34)25(26,27)28/h2-14,31H,15H2,1H3,(H,29,30,32)/b22-14-. The van der Waals surface area contributed by atoms with E-state index in [0.29, 0.717) is 22.9 Å². The van der Waals surface area contributed by atoms with Crippen LogP contribution < -0.4 is 19.5 Å². The van der Waals surface area contributed by atoms with E-state index in [-0.39, 0.29) is 10.9 Å². The molecule has 0 aromatic heterocycles. The number of halogens is 3. The van der Waals surface area contributed by atoms with Crippen LogP contribution in [0.25, 0.3) is 6.08 Å². The van der Waals surface area contributed by atoms with Crippen molar-refractivity contribution in [2.45, 2.75) is 12.1 Å². The lowest BCUT2D eigenvalue weighted by Crippen LogP contribution is -2.29. The Morgan fingerprint density at radius 2 is 1.53 bits per heavy atom. The summed E-state index contributed by atoms with van der Waals surface area (Å²) in [7, 11) is -3.91. The first-order valence-electron chi connectivity index (χ1n) is 10.9. The summed E-state index contributed by atoms with van der Waals surface area (Å²) < 4.78 is 72.3. The Kier molecular flexibility index (Phi) is 7.97. The minimum absolute atomic E-state index is 0.262. The maximum Gasteiger partial charge on any atom is 0.516 e. The average Bonchev–Trinajstić information content (AvgIpc) is 3.22. The third-order valence-electron chi connectivity index (χ3n) is 5.06. The Labute approximate surface area is 220 Å². The number of alkyl halides is 3. The van der Waals surface area contributed by atoms with Crippen molar-refractivity contribution in [3.8, 4) is 11.5 Å². The van der Waals surface area contributed by atoms with Gasteiger partial charge < -0.3 is 14.8 Å². The Morgan fingerprint density at radius 3 is 2.13 bits per heavy atom. The van der Waals surface area contributed by atoms with Gasteiger partial charge in [0, 0.05) is 11.4 Å². The monoisotopic (exact) mass is 563 g/mol. The van der Waals surface area contributed by atoms with Gasteiger partial charge in [-0.2, -0.15) is 26.6 Å². The number of rotatable bonds is 8. The second-order valence-electron chi connectivity index (χ2n) is 7.79. The zero-order chi connectivity index (χ0) is 27.3. The molecule has 0 saturated heterocycles. The molecule has 198 valence electrons. The van der Waals surface area contributed by atoms with Crippen LogP contribution in [0.4, 0.5) is 24.5 Å². The number of amidine groups is 1. The van der Waals surface area contributed by atoms with Crippen LogP contribution in [0.2, 0.25) is 0 Å². The highest BCUT2D eigenvalue weighted by molar-refractivity contribution is 8.18. The van der Waals surface area contributed by atoms with E-state index in [1.807, 2.05) is 24.3 Å². The minimum Gasteiger partial charge on any atom is -0.497 e. The average molecular weight is 564 g/mol. The first-order valence-corrected chi connectivity index (χ1v) is 13.2. The van der Waals surface area contributed by atoms with E-state index in [1.54, 1.807) is 37.5 Å². The largest absolute Gasteiger partial charge is 0.516 e. The first-order chi connectivity index (χ1) is 18.0. The number of hydrogen-bond acceptors (Lipinski definition) is 7. The van der Waals surface area contributed by atoms with Crippen LogP contribution in [-0.4, -0.2) is 32.1 Å². The van der Waals surface area contributed by atoms with Crippen LogP contribution in [0, 0.1) is 0 Å². The van der Waals surface area contributed by atoms with Crippen LogP contribution in [0.5, 0.6) is 11.5 Å². The quantitative estimate of drug-likeness (QED) is 0.343. The number of aliphatic imine (C=N–C) groups is 1. The van der Waals surface area contributed by atoms with Crippen LogP contribution >= 0.6 is 11.8 Å². The van der Waals surface area contributed by atoms with Crippen molar-refractivity contribution in [3.63, 3.8) is 0 Å². The predicted molar refractivity (Wildman–Crippen MR) is 140 cm³/mol. The van der Waals surface area contributed by atoms with Crippen molar-refractivity contribution in [2.75, 3.05) is 17.1 Å². The van der Waals surface area contributed by atoms with Gasteiger partial charge in [0.1, 0.15) is 18.1 Å². The van der Waals surface area contributed by atoms with E-state index in [1.165, 1.54) is 16.9 Å². The molecule has 4 rings (SSSR count). The van der Waals surface area contributed by atoms with Gasteiger partial charge in [0.2, 0.25) is 0 Å². The third-order valence-corrected chi connectivity index (χ3v) is 7.07. The van der Waals surface area contributed by atoms with Crippen LogP contribution in [0.1, 0.15) is 11.1 Å². The molecule has 1 aliphatic rings. The smallest absolute Gasteiger partial charge is 0.497 e. The van der Waals surface area contributed by atoms with Crippen molar-refractivity contribution < 1.29 is 35.9 Å². The molecular weight excluding hydrogens is 543 g/mol. The fourth-order valence-corrected chi connectivity index (χ4v) is 4.52. The fourth-order valence-electron chi connectivity index (χ4n) is 3.12. The zero-order valence-electron chi connectivity index (χ0n) is 19.7. The molecule has 8 nitrogen and oxygen atoms in total. The molecule has 0 fully saturated rings. The molecule has 0 radical (unpaired) electrons. The summed E-state index contributed by atoms with van der Waals surface area (Å²) in [5.74, 6) is 0.973. The number of methoxy groups -OCH3 is 1. The third kappa shape index (κ3) is 6.86. The lowest BCUT2D eigenvalue weighted by atomic mass is 10.2. The summed E-state index contributed by atoms with van der Waals surface area (Å²) in [5.41, 5.74) is -3.54. The Hall–Kier alpha value is -3.97. The number of hydrogen-bond donors (Lipinski definition) is 2. The van der Waals surface area contributed by atoms with E-state index >= 15 is 0 Å². The molecular formula is C25H20F3N3O5S2. The van der Waals surface area contributed by atoms with Crippen molar-refractivity contribution in [1.82, 2.24) is 0 Å². The Morgan fingerprint density at radius 1 is 0.921 bits per heavy atom. The summed E-state index contributed by atoms with van der Waals surface area (Å²) in [6.07, 6.45) is 1.67. The number of carbonyl (C=O) groups is 1. The maximum absolute atomic E-state index is 12.5. The second-order valence-corrected chi connectivity index (χ2v) is 10.5. The molecule has 0 aliphatic carbocycles. The van der Waals surface area contributed by atoms with Gasteiger partial charge in [-0.25, -0.2) is 0 Å². The SMILES string of the molecule is COc1ccc(COc2ccc(/C=C3\SC(Nc4ccc(NS(=O)(=O)C(F)(F)F)cc4)=NC3=O)cc2)cc1. The summed E-state index contributed by atoms with van der Waals surface area (Å²) in [6, 6.07) is 19.7. The summed E-state index contributed by atoms with van der Waals surface area (Å²) in [4.78, 5) is 16.6. The van der Waals surface area contributed by atoms with Crippen LogP contribution in [0.15, 0.2) is 82.7 Å². The van der Waals surface area contributed by atoms with Crippen molar-refractivity contribution >= 4 is 50.3 Å². The fraction of sp³-hybridized carbons (Fsp3) is 0.120. The molecule has 0 spiro atoms. The Balaban J connectivity index is 1.32. The van der Waals surface area contributed by atoms with Gasteiger partial charge in [0.25, 0.3) is 5.91 Å². The van der Waals surface area contributed by atoms with Crippen molar-refractivity contribution in [1.29, 1.82) is 0 Å². The number of sulfonamides is 1. The number of ether oxygens (including phenoxy) is 2. The number of anilines is 2. The molecule has 1 aliphatic heterocycles. The molecule has 2 N–H and O–H groups in total. The molecule has 0 bridgehead atoms. The van der Waals surface area contributed by atoms with Crippen molar-refractivity contribution in [2.24, 2.45) is 4.99 Å². The van der Waals surface area contributed by atoms with Gasteiger partial charge in [0.05, 0.1) is 12.0 Å². The van der Waals surface area contributed by atoms with Crippen LogP contribution in [0.3, 0.4) is 0 Å². The highest BCUT2D eigenvalue weighted by Gasteiger charge is 2.46. The topological polar surface area (TPSA) is 106 Å². The number of carbonyl (C=O) groups excluding carboxylic acids is 1. The summed E-state index contributed by atoms with van der Waals surface area (Å²) in [6.45, 7) is 0.386. The number of benzene rings is 3. The van der Waals surface area contributed by atoms with E-state index in [2.05, 4.69) is 10.3 Å². The lowest BCUT2D eigenvalue weighted by Gasteiger charge is -2.11. The summed E-state index contributed by atoms with van der Waals surface area (Å²) in [5, 5.41) is 3.15. The number of nitrogens with one attached hydrogen (secondary N) is 2. The highest BCUT2D eigenvalue weighted by Crippen LogP contribution is 2.31. The molecule has 1 amide bonds.